The van der Waals surface area contributed by atoms with Crippen LogP contribution in [0.2, 0.25) is 0 Å². The van der Waals surface area contributed by atoms with Gasteiger partial charge in [0.1, 0.15) is 6.61 Å². The van der Waals surface area contributed by atoms with Crippen molar-refractivity contribution in [2.75, 3.05) is 39.4 Å². The first kappa shape index (κ1) is 16.0. The molecule has 0 aromatic carbocycles. The fourth-order valence-corrected chi connectivity index (χ4v) is 2.77. The van der Waals surface area contributed by atoms with Crippen molar-refractivity contribution in [2.24, 2.45) is 0 Å². The highest BCUT2D eigenvalue weighted by Crippen LogP contribution is 2.16. The minimum atomic E-state index is -0.952. The van der Waals surface area contributed by atoms with E-state index in [1.165, 1.54) is 0 Å². The SMILES string of the molecule is CC1CN(C(=O)N2CCC(OCC(=O)O)CC2)CCCO1. The first-order valence-electron chi connectivity index (χ1n) is 7.55. The van der Waals surface area contributed by atoms with Crippen molar-refractivity contribution in [3.8, 4) is 0 Å². The number of carboxylic acids is 1. The van der Waals surface area contributed by atoms with E-state index in [2.05, 4.69) is 0 Å². The zero-order chi connectivity index (χ0) is 15.2. The Morgan fingerprint density at radius 1 is 1.24 bits per heavy atom. The molecule has 1 atom stereocenters. The summed E-state index contributed by atoms with van der Waals surface area (Å²) in [6, 6.07) is 0.0593. The van der Waals surface area contributed by atoms with E-state index in [1.807, 2.05) is 16.7 Å². The van der Waals surface area contributed by atoms with Crippen LogP contribution in [0.5, 0.6) is 0 Å². The summed E-state index contributed by atoms with van der Waals surface area (Å²) in [6.07, 6.45) is 2.27. The average Bonchev–Trinajstić information content (AvgIpc) is 2.69. The predicted molar refractivity (Wildman–Crippen MR) is 75.2 cm³/mol. The molecule has 2 amide bonds. The van der Waals surface area contributed by atoms with Gasteiger partial charge < -0.3 is 24.4 Å². The normalized spacial score (nSPS) is 24.7. The quantitative estimate of drug-likeness (QED) is 0.833. The summed E-state index contributed by atoms with van der Waals surface area (Å²) < 4.78 is 10.8. The Bertz CT molecular complexity index is 368. The van der Waals surface area contributed by atoms with Crippen LogP contribution >= 0.6 is 0 Å². The van der Waals surface area contributed by atoms with E-state index in [4.69, 9.17) is 14.6 Å². The molecule has 0 spiro atoms. The Morgan fingerprint density at radius 3 is 2.62 bits per heavy atom. The maximum Gasteiger partial charge on any atom is 0.329 e. The Labute approximate surface area is 124 Å². The van der Waals surface area contributed by atoms with Gasteiger partial charge in [-0.25, -0.2) is 9.59 Å². The number of carboxylic acid groups (broad SMARTS) is 1. The van der Waals surface area contributed by atoms with Gasteiger partial charge in [0, 0.05) is 32.8 Å². The van der Waals surface area contributed by atoms with Crippen LogP contribution in [0, 0.1) is 0 Å². The minimum absolute atomic E-state index is 0.0588. The van der Waals surface area contributed by atoms with Crippen molar-refractivity contribution in [1.29, 1.82) is 0 Å². The van der Waals surface area contributed by atoms with E-state index in [9.17, 15) is 9.59 Å². The number of hydrogen-bond acceptors (Lipinski definition) is 4. The van der Waals surface area contributed by atoms with E-state index >= 15 is 0 Å². The molecule has 2 aliphatic heterocycles. The Kier molecular flexibility index (Phi) is 5.81. The van der Waals surface area contributed by atoms with E-state index < -0.39 is 5.97 Å². The number of rotatable bonds is 3. The second-order valence-corrected chi connectivity index (χ2v) is 5.65. The molecule has 0 aromatic rings. The van der Waals surface area contributed by atoms with E-state index in [1.54, 1.807) is 0 Å². The van der Waals surface area contributed by atoms with Crippen LogP contribution in [-0.4, -0.2) is 78.5 Å². The lowest BCUT2D eigenvalue weighted by atomic mass is 10.1. The molecule has 0 aliphatic carbocycles. The van der Waals surface area contributed by atoms with Crippen molar-refractivity contribution in [1.82, 2.24) is 9.80 Å². The topological polar surface area (TPSA) is 79.3 Å². The van der Waals surface area contributed by atoms with Gasteiger partial charge >= 0.3 is 12.0 Å². The molecule has 1 unspecified atom stereocenters. The first-order valence-corrected chi connectivity index (χ1v) is 7.55. The monoisotopic (exact) mass is 300 g/mol. The number of aliphatic carboxylic acids is 1. The summed E-state index contributed by atoms with van der Waals surface area (Å²) in [5, 5.41) is 8.60. The summed E-state index contributed by atoms with van der Waals surface area (Å²) in [5.41, 5.74) is 0. The van der Waals surface area contributed by atoms with Gasteiger partial charge in [0.25, 0.3) is 0 Å². The maximum atomic E-state index is 12.5. The zero-order valence-electron chi connectivity index (χ0n) is 12.5. The number of carbonyl (C=O) groups is 2. The van der Waals surface area contributed by atoms with Crippen molar-refractivity contribution in [3.05, 3.63) is 0 Å². The molecule has 120 valence electrons. The van der Waals surface area contributed by atoms with Crippen LogP contribution in [0.1, 0.15) is 26.2 Å². The van der Waals surface area contributed by atoms with Crippen LogP contribution in [0.15, 0.2) is 0 Å². The zero-order valence-corrected chi connectivity index (χ0v) is 12.5. The van der Waals surface area contributed by atoms with Gasteiger partial charge in [-0.05, 0) is 26.2 Å². The Hall–Kier alpha value is -1.34. The van der Waals surface area contributed by atoms with Gasteiger partial charge in [0.2, 0.25) is 0 Å². The fraction of sp³-hybridized carbons (Fsp3) is 0.857. The van der Waals surface area contributed by atoms with Crippen molar-refractivity contribution >= 4 is 12.0 Å². The molecule has 1 N–H and O–H groups in total. The highest BCUT2D eigenvalue weighted by atomic mass is 16.5. The second kappa shape index (κ2) is 7.61. The van der Waals surface area contributed by atoms with E-state index in [0.29, 0.717) is 39.1 Å². The van der Waals surface area contributed by atoms with Crippen molar-refractivity contribution in [3.63, 3.8) is 0 Å². The largest absolute Gasteiger partial charge is 0.480 e. The smallest absolute Gasteiger partial charge is 0.329 e. The lowest BCUT2D eigenvalue weighted by molar-refractivity contribution is -0.145. The highest BCUT2D eigenvalue weighted by Gasteiger charge is 2.28. The van der Waals surface area contributed by atoms with E-state index in [0.717, 1.165) is 13.0 Å². The summed E-state index contributed by atoms with van der Waals surface area (Å²) in [5.74, 6) is -0.952. The van der Waals surface area contributed by atoms with Gasteiger partial charge in [-0.15, -0.1) is 0 Å². The number of nitrogens with zero attached hydrogens (tertiary/aromatic N) is 2. The summed E-state index contributed by atoms with van der Waals surface area (Å²) in [4.78, 5) is 26.7. The van der Waals surface area contributed by atoms with Gasteiger partial charge in [0.05, 0.1) is 12.2 Å². The third-order valence-electron chi connectivity index (χ3n) is 3.88. The molecule has 2 rings (SSSR count). The van der Waals surface area contributed by atoms with Gasteiger partial charge in [-0.1, -0.05) is 0 Å². The van der Waals surface area contributed by atoms with Gasteiger partial charge in [-0.3, -0.25) is 0 Å². The van der Waals surface area contributed by atoms with Crippen LogP contribution in [0.4, 0.5) is 4.79 Å². The van der Waals surface area contributed by atoms with E-state index in [-0.39, 0.29) is 24.8 Å². The van der Waals surface area contributed by atoms with Crippen LogP contribution < -0.4 is 0 Å². The summed E-state index contributed by atoms with van der Waals surface area (Å²) >= 11 is 0. The molecule has 0 aromatic heterocycles. The molecule has 2 heterocycles. The standard InChI is InChI=1S/C14H24N2O5/c1-11-9-16(5-2-8-20-11)14(19)15-6-3-12(4-7-15)21-10-13(17)18/h11-12H,2-10H2,1H3,(H,17,18). The summed E-state index contributed by atoms with van der Waals surface area (Å²) in [6.45, 7) is 5.03. The molecule has 7 nitrogen and oxygen atoms in total. The number of likely N-dealkylation sites (tertiary alicyclic amines) is 1. The molecule has 0 bridgehead atoms. The number of ether oxygens (including phenoxy) is 2. The molecular weight excluding hydrogens is 276 g/mol. The molecule has 21 heavy (non-hydrogen) atoms. The van der Waals surface area contributed by atoms with Crippen LogP contribution in [0.25, 0.3) is 0 Å². The third kappa shape index (κ3) is 4.86. The third-order valence-corrected chi connectivity index (χ3v) is 3.88. The Balaban J connectivity index is 1.78. The number of amides is 2. The average molecular weight is 300 g/mol. The summed E-state index contributed by atoms with van der Waals surface area (Å²) in [7, 11) is 0. The lowest BCUT2D eigenvalue weighted by Crippen LogP contribution is -2.49. The minimum Gasteiger partial charge on any atom is -0.480 e. The predicted octanol–water partition coefficient (Wildman–Crippen LogP) is 0.783. The van der Waals surface area contributed by atoms with Gasteiger partial charge in [-0.2, -0.15) is 0 Å². The number of piperidine rings is 1. The number of hydrogen-bond donors (Lipinski definition) is 1. The Morgan fingerprint density at radius 2 is 1.95 bits per heavy atom. The fourth-order valence-electron chi connectivity index (χ4n) is 2.77. The second-order valence-electron chi connectivity index (χ2n) is 5.65. The van der Waals surface area contributed by atoms with Crippen molar-refractivity contribution < 1.29 is 24.2 Å². The van der Waals surface area contributed by atoms with Crippen molar-refractivity contribution in [2.45, 2.75) is 38.4 Å². The van der Waals surface area contributed by atoms with Gasteiger partial charge in [0.15, 0.2) is 0 Å². The molecule has 0 radical (unpaired) electrons. The van der Waals surface area contributed by atoms with Crippen LogP contribution in [0.3, 0.4) is 0 Å². The lowest BCUT2D eigenvalue weighted by Gasteiger charge is -2.35. The first-order chi connectivity index (χ1) is 10.1. The molecule has 2 aliphatic rings. The van der Waals surface area contributed by atoms with Crippen LogP contribution in [-0.2, 0) is 14.3 Å². The molecular formula is C14H24N2O5. The molecule has 2 saturated heterocycles. The molecule has 7 heteroatoms. The molecule has 0 saturated carbocycles. The maximum absolute atomic E-state index is 12.5. The number of carbonyl (C=O) groups excluding carboxylic acids is 1. The number of urea groups is 1. The molecule has 2 fully saturated rings. The highest BCUT2D eigenvalue weighted by molar-refractivity contribution is 5.74.